The number of pyridine rings is 1. The summed E-state index contributed by atoms with van der Waals surface area (Å²) >= 11 is 0. The van der Waals surface area contributed by atoms with Crippen LogP contribution in [0.2, 0.25) is 0 Å². The second-order valence-electron chi connectivity index (χ2n) is 6.34. The lowest BCUT2D eigenvalue weighted by Gasteiger charge is -2.28. The molecule has 1 saturated heterocycles. The Balaban J connectivity index is 1.57. The van der Waals surface area contributed by atoms with E-state index in [0.717, 1.165) is 24.2 Å². The fraction of sp³-hybridized carbons (Fsp3) is 0.250. The number of nitrogens with zero attached hydrogens (tertiary/aromatic N) is 2. The predicted molar refractivity (Wildman–Crippen MR) is 102 cm³/mol. The Labute approximate surface area is 155 Å². The number of amides is 1. The van der Waals surface area contributed by atoms with Crippen LogP contribution in [0.15, 0.2) is 51.8 Å². The minimum atomic E-state index is -0.659. The maximum atomic E-state index is 12.6. The Morgan fingerprint density at radius 2 is 1.93 bits per heavy atom. The molecular formula is C20H19N3O4. The molecule has 4 rings (SSSR count). The molecule has 1 aromatic carbocycles. The van der Waals surface area contributed by atoms with E-state index in [9.17, 15) is 9.59 Å². The minimum absolute atomic E-state index is 0.00671. The van der Waals surface area contributed by atoms with Gasteiger partial charge in [-0.2, -0.15) is 0 Å². The standard InChI is InChI=1S/C20H19N3O4/c1-13-15-4-2-3-5-16(15)27-20(25)18(13)19(24)22-17-7-6-14(12-21-17)23-8-10-26-11-9-23/h2-7,12H,8-11H2,1H3,(H,21,22,24). The van der Waals surface area contributed by atoms with Crippen molar-refractivity contribution in [2.45, 2.75) is 6.92 Å². The van der Waals surface area contributed by atoms with E-state index in [1.807, 2.05) is 18.2 Å². The van der Waals surface area contributed by atoms with Gasteiger partial charge in [-0.3, -0.25) is 4.79 Å². The number of hydrogen-bond acceptors (Lipinski definition) is 6. The maximum absolute atomic E-state index is 12.6. The van der Waals surface area contributed by atoms with Gasteiger partial charge in [0.25, 0.3) is 5.91 Å². The number of ether oxygens (including phenoxy) is 1. The lowest BCUT2D eigenvalue weighted by Crippen LogP contribution is -2.36. The molecular weight excluding hydrogens is 346 g/mol. The zero-order chi connectivity index (χ0) is 18.8. The van der Waals surface area contributed by atoms with E-state index in [2.05, 4.69) is 15.2 Å². The Morgan fingerprint density at radius 1 is 1.15 bits per heavy atom. The van der Waals surface area contributed by atoms with E-state index in [4.69, 9.17) is 9.15 Å². The number of morpholine rings is 1. The molecule has 1 fully saturated rings. The van der Waals surface area contributed by atoms with Crippen molar-refractivity contribution in [1.29, 1.82) is 0 Å². The van der Waals surface area contributed by atoms with Crippen molar-refractivity contribution in [2.24, 2.45) is 0 Å². The van der Waals surface area contributed by atoms with Crippen LogP contribution in [0.1, 0.15) is 15.9 Å². The molecule has 3 heterocycles. The third-order valence-corrected chi connectivity index (χ3v) is 4.67. The first-order valence-electron chi connectivity index (χ1n) is 8.76. The van der Waals surface area contributed by atoms with Crippen molar-refractivity contribution in [3.63, 3.8) is 0 Å². The van der Waals surface area contributed by atoms with E-state index < -0.39 is 11.5 Å². The van der Waals surface area contributed by atoms with Crippen LogP contribution in [0.25, 0.3) is 11.0 Å². The number of para-hydroxylation sites is 1. The molecule has 27 heavy (non-hydrogen) atoms. The number of rotatable bonds is 3. The first-order chi connectivity index (χ1) is 13.1. The van der Waals surface area contributed by atoms with E-state index in [0.29, 0.717) is 30.2 Å². The Bertz CT molecular complexity index is 1040. The highest BCUT2D eigenvalue weighted by Crippen LogP contribution is 2.20. The number of carbonyl (C=O) groups is 1. The molecule has 138 valence electrons. The molecule has 1 N–H and O–H groups in total. The Morgan fingerprint density at radius 3 is 2.67 bits per heavy atom. The SMILES string of the molecule is Cc1c(C(=O)Nc2ccc(N3CCOCC3)cn2)c(=O)oc2ccccc12. The summed E-state index contributed by atoms with van der Waals surface area (Å²) in [6, 6.07) is 10.8. The molecule has 0 bridgehead atoms. The third-order valence-electron chi connectivity index (χ3n) is 4.67. The van der Waals surface area contributed by atoms with Crippen LogP contribution < -0.4 is 15.8 Å². The molecule has 1 amide bonds. The molecule has 0 aliphatic carbocycles. The number of anilines is 2. The van der Waals surface area contributed by atoms with Gasteiger partial charge < -0.3 is 19.4 Å². The molecule has 7 heteroatoms. The van der Waals surface area contributed by atoms with Crippen LogP contribution in [0.4, 0.5) is 11.5 Å². The van der Waals surface area contributed by atoms with Crippen LogP contribution in [0.5, 0.6) is 0 Å². The minimum Gasteiger partial charge on any atom is -0.422 e. The average Bonchev–Trinajstić information content (AvgIpc) is 2.69. The fourth-order valence-corrected chi connectivity index (χ4v) is 3.21. The first-order valence-corrected chi connectivity index (χ1v) is 8.76. The fourth-order valence-electron chi connectivity index (χ4n) is 3.21. The smallest absolute Gasteiger partial charge is 0.349 e. The van der Waals surface area contributed by atoms with Gasteiger partial charge in [0.1, 0.15) is 17.0 Å². The highest BCUT2D eigenvalue weighted by Gasteiger charge is 2.19. The van der Waals surface area contributed by atoms with E-state index >= 15 is 0 Å². The second-order valence-corrected chi connectivity index (χ2v) is 6.34. The first kappa shape index (κ1) is 17.2. The summed E-state index contributed by atoms with van der Waals surface area (Å²) in [4.78, 5) is 31.4. The van der Waals surface area contributed by atoms with Crippen molar-refractivity contribution in [2.75, 3.05) is 36.5 Å². The maximum Gasteiger partial charge on any atom is 0.349 e. The van der Waals surface area contributed by atoms with Crippen molar-refractivity contribution in [3.05, 3.63) is 64.1 Å². The van der Waals surface area contributed by atoms with Crippen LogP contribution in [0, 0.1) is 6.92 Å². The monoisotopic (exact) mass is 365 g/mol. The number of aryl methyl sites for hydroxylation is 1. The molecule has 0 radical (unpaired) electrons. The van der Waals surface area contributed by atoms with Gasteiger partial charge in [-0.15, -0.1) is 0 Å². The molecule has 1 aliphatic heterocycles. The van der Waals surface area contributed by atoms with E-state index in [1.165, 1.54) is 0 Å². The average molecular weight is 365 g/mol. The van der Waals surface area contributed by atoms with Crippen LogP contribution in [0.3, 0.4) is 0 Å². The van der Waals surface area contributed by atoms with Gasteiger partial charge in [0.2, 0.25) is 0 Å². The third kappa shape index (κ3) is 3.41. The highest BCUT2D eigenvalue weighted by molar-refractivity contribution is 6.06. The summed E-state index contributed by atoms with van der Waals surface area (Å²) in [5.41, 5.74) is 1.35. The molecule has 0 unspecified atom stereocenters. The summed E-state index contributed by atoms with van der Waals surface area (Å²) in [6.45, 7) is 4.74. The van der Waals surface area contributed by atoms with E-state index in [-0.39, 0.29) is 5.56 Å². The lowest BCUT2D eigenvalue weighted by molar-refractivity contribution is 0.102. The molecule has 0 spiro atoms. The zero-order valence-electron chi connectivity index (χ0n) is 14.9. The normalized spacial score (nSPS) is 14.3. The lowest BCUT2D eigenvalue weighted by atomic mass is 10.1. The number of fused-ring (bicyclic) bond motifs is 1. The number of aromatic nitrogens is 1. The molecule has 2 aromatic heterocycles. The van der Waals surface area contributed by atoms with Gasteiger partial charge in [-0.25, -0.2) is 9.78 Å². The number of nitrogens with one attached hydrogen (secondary N) is 1. The molecule has 1 aliphatic rings. The Kier molecular flexibility index (Phi) is 4.60. The van der Waals surface area contributed by atoms with Crippen LogP contribution >= 0.6 is 0 Å². The highest BCUT2D eigenvalue weighted by atomic mass is 16.5. The van der Waals surface area contributed by atoms with Gasteiger partial charge in [0.05, 0.1) is 25.1 Å². The van der Waals surface area contributed by atoms with Crippen LogP contribution in [-0.2, 0) is 4.74 Å². The molecule has 0 saturated carbocycles. The van der Waals surface area contributed by atoms with Crippen LogP contribution in [-0.4, -0.2) is 37.2 Å². The van der Waals surface area contributed by atoms with Gasteiger partial charge in [0.15, 0.2) is 0 Å². The van der Waals surface area contributed by atoms with E-state index in [1.54, 1.807) is 31.3 Å². The number of benzene rings is 1. The number of carbonyl (C=O) groups excluding carboxylic acids is 1. The topological polar surface area (TPSA) is 84.7 Å². The summed E-state index contributed by atoms with van der Waals surface area (Å²) in [7, 11) is 0. The zero-order valence-corrected chi connectivity index (χ0v) is 14.9. The number of hydrogen-bond donors (Lipinski definition) is 1. The van der Waals surface area contributed by atoms with Crippen molar-refractivity contribution in [1.82, 2.24) is 4.98 Å². The van der Waals surface area contributed by atoms with Crippen molar-refractivity contribution >= 4 is 28.4 Å². The summed E-state index contributed by atoms with van der Waals surface area (Å²) in [6.07, 6.45) is 1.71. The molecule has 0 atom stereocenters. The van der Waals surface area contributed by atoms with Gasteiger partial charge in [-0.1, -0.05) is 18.2 Å². The Hall–Kier alpha value is -3.19. The summed E-state index contributed by atoms with van der Waals surface area (Å²) in [5.74, 6) is -0.150. The molecule has 7 nitrogen and oxygen atoms in total. The largest absolute Gasteiger partial charge is 0.422 e. The summed E-state index contributed by atoms with van der Waals surface area (Å²) in [5, 5.41) is 3.42. The predicted octanol–water partition coefficient (Wildman–Crippen LogP) is 2.59. The van der Waals surface area contributed by atoms with Gasteiger partial charge in [-0.05, 0) is 30.7 Å². The molecule has 3 aromatic rings. The second kappa shape index (κ2) is 7.20. The van der Waals surface area contributed by atoms with Gasteiger partial charge >= 0.3 is 5.63 Å². The van der Waals surface area contributed by atoms with Gasteiger partial charge in [0, 0.05) is 18.5 Å². The quantitative estimate of drug-likeness (QED) is 0.718. The summed E-state index contributed by atoms with van der Waals surface area (Å²) < 4.78 is 10.6. The van der Waals surface area contributed by atoms with Crippen molar-refractivity contribution in [3.8, 4) is 0 Å². The van der Waals surface area contributed by atoms with Crippen molar-refractivity contribution < 1.29 is 13.9 Å².